The smallest absolute Gasteiger partial charge is 0.323 e. The Morgan fingerprint density at radius 3 is 3.07 bits per heavy atom. The summed E-state index contributed by atoms with van der Waals surface area (Å²) in [6, 6.07) is 4.08. The second-order valence-electron chi connectivity index (χ2n) is 2.90. The first-order chi connectivity index (χ1) is 6.66. The van der Waals surface area contributed by atoms with Crippen LogP contribution in [0.25, 0.3) is 11.0 Å². The monoisotopic (exact) mass is 194 g/mol. The molecule has 14 heavy (non-hydrogen) atoms. The van der Waals surface area contributed by atoms with Crippen LogP contribution in [0.4, 0.5) is 4.39 Å². The van der Waals surface area contributed by atoms with Gasteiger partial charge < -0.3 is 9.67 Å². The predicted molar refractivity (Wildman–Crippen MR) is 47.3 cm³/mol. The summed E-state index contributed by atoms with van der Waals surface area (Å²) in [5.41, 5.74) is 1.08. The summed E-state index contributed by atoms with van der Waals surface area (Å²) >= 11 is 0. The van der Waals surface area contributed by atoms with Crippen molar-refractivity contribution in [3.05, 3.63) is 30.3 Å². The molecule has 0 amide bonds. The van der Waals surface area contributed by atoms with E-state index in [9.17, 15) is 9.18 Å². The van der Waals surface area contributed by atoms with Gasteiger partial charge in [-0.1, -0.05) is 0 Å². The van der Waals surface area contributed by atoms with Gasteiger partial charge in [0.2, 0.25) is 0 Å². The van der Waals surface area contributed by atoms with E-state index in [0.717, 1.165) is 0 Å². The number of carbonyl (C=O) groups is 1. The maximum absolute atomic E-state index is 12.8. The SMILES string of the molecule is O=C(O)Cn1cnc2ccc(F)cc21. The van der Waals surface area contributed by atoms with Crippen molar-refractivity contribution in [2.75, 3.05) is 0 Å². The molecule has 0 unspecified atom stereocenters. The first kappa shape index (κ1) is 8.68. The first-order valence-electron chi connectivity index (χ1n) is 3.99. The lowest BCUT2D eigenvalue weighted by Gasteiger charge is -1.98. The third-order valence-corrected chi connectivity index (χ3v) is 1.89. The number of nitrogens with zero attached hydrogens (tertiary/aromatic N) is 2. The van der Waals surface area contributed by atoms with Gasteiger partial charge in [-0.15, -0.1) is 0 Å². The first-order valence-corrected chi connectivity index (χ1v) is 3.99. The summed E-state index contributed by atoms with van der Waals surface area (Å²) in [7, 11) is 0. The molecule has 0 saturated heterocycles. The summed E-state index contributed by atoms with van der Waals surface area (Å²) in [5.74, 6) is -1.38. The third kappa shape index (κ3) is 1.44. The normalized spacial score (nSPS) is 10.6. The quantitative estimate of drug-likeness (QED) is 0.782. The van der Waals surface area contributed by atoms with Gasteiger partial charge in [0.05, 0.1) is 17.4 Å². The Morgan fingerprint density at radius 2 is 2.36 bits per heavy atom. The van der Waals surface area contributed by atoms with E-state index in [2.05, 4.69) is 4.98 Å². The van der Waals surface area contributed by atoms with Gasteiger partial charge in [0, 0.05) is 0 Å². The molecule has 0 saturated carbocycles. The number of imidazole rings is 1. The Labute approximate surface area is 78.6 Å². The molecule has 0 bridgehead atoms. The van der Waals surface area contributed by atoms with E-state index in [1.807, 2.05) is 0 Å². The Hall–Kier alpha value is -1.91. The number of hydrogen-bond acceptors (Lipinski definition) is 2. The number of benzene rings is 1. The Kier molecular flexibility index (Phi) is 1.92. The van der Waals surface area contributed by atoms with Crippen LogP contribution in [0.1, 0.15) is 0 Å². The molecule has 0 atom stereocenters. The van der Waals surface area contributed by atoms with Crippen molar-refractivity contribution < 1.29 is 14.3 Å². The van der Waals surface area contributed by atoms with Crippen LogP contribution in [0, 0.1) is 5.82 Å². The van der Waals surface area contributed by atoms with Crippen LogP contribution in [0.15, 0.2) is 24.5 Å². The molecule has 0 spiro atoms. The van der Waals surface area contributed by atoms with Gasteiger partial charge in [0.1, 0.15) is 12.4 Å². The zero-order valence-corrected chi connectivity index (χ0v) is 7.14. The van der Waals surface area contributed by atoms with Crippen molar-refractivity contribution in [1.29, 1.82) is 0 Å². The second kappa shape index (κ2) is 3.10. The average molecular weight is 194 g/mol. The topological polar surface area (TPSA) is 55.1 Å². The Bertz CT molecular complexity index is 493. The lowest BCUT2D eigenvalue weighted by Crippen LogP contribution is -2.07. The number of aromatic nitrogens is 2. The molecule has 1 heterocycles. The van der Waals surface area contributed by atoms with E-state index in [0.29, 0.717) is 11.0 Å². The minimum Gasteiger partial charge on any atom is -0.480 e. The summed E-state index contributed by atoms with van der Waals surface area (Å²) in [4.78, 5) is 14.4. The fourth-order valence-electron chi connectivity index (χ4n) is 1.30. The van der Waals surface area contributed by atoms with Gasteiger partial charge in [-0.05, 0) is 18.2 Å². The highest BCUT2D eigenvalue weighted by Gasteiger charge is 2.06. The van der Waals surface area contributed by atoms with Crippen LogP contribution in [-0.2, 0) is 11.3 Å². The minimum absolute atomic E-state index is 0.208. The summed E-state index contributed by atoms with van der Waals surface area (Å²) in [6.45, 7) is -0.208. The van der Waals surface area contributed by atoms with E-state index in [1.54, 1.807) is 0 Å². The van der Waals surface area contributed by atoms with Gasteiger partial charge in [-0.2, -0.15) is 0 Å². The highest BCUT2D eigenvalue weighted by molar-refractivity contribution is 5.77. The lowest BCUT2D eigenvalue weighted by atomic mass is 10.3. The predicted octanol–water partition coefficient (Wildman–Crippen LogP) is 1.26. The van der Waals surface area contributed by atoms with Crippen molar-refractivity contribution in [2.24, 2.45) is 0 Å². The molecule has 0 fully saturated rings. The molecule has 2 aromatic rings. The van der Waals surface area contributed by atoms with Crippen LogP contribution < -0.4 is 0 Å². The van der Waals surface area contributed by atoms with Crippen LogP contribution in [0.3, 0.4) is 0 Å². The van der Waals surface area contributed by atoms with Crippen molar-refractivity contribution in [2.45, 2.75) is 6.54 Å². The van der Waals surface area contributed by atoms with Gasteiger partial charge in [0.15, 0.2) is 0 Å². The maximum Gasteiger partial charge on any atom is 0.323 e. The number of carboxylic acids is 1. The van der Waals surface area contributed by atoms with Gasteiger partial charge in [-0.3, -0.25) is 4.79 Å². The molecular formula is C9H7FN2O2. The van der Waals surface area contributed by atoms with Gasteiger partial charge in [0.25, 0.3) is 0 Å². The van der Waals surface area contributed by atoms with Crippen LogP contribution in [0.2, 0.25) is 0 Å². The lowest BCUT2D eigenvalue weighted by molar-refractivity contribution is -0.137. The molecule has 2 rings (SSSR count). The molecular weight excluding hydrogens is 187 g/mol. The molecule has 72 valence electrons. The Balaban J connectivity index is 2.55. The summed E-state index contributed by atoms with van der Waals surface area (Å²) < 4.78 is 14.2. The van der Waals surface area contributed by atoms with Crippen molar-refractivity contribution in [3.63, 3.8) is 0 Å². The molecule has 0 aliphatic heterocycles. The number of rotatable bonds is 2. The minimum atomic E-state index is -0.978. The molecule has 0 aliphatic rings. The largest absolute Gasteiger partial charge is 0.480 e. The maximum atomic E-state index is 12.8. The number of carboxylic acid groups (broad SMARTS) is 1. The number of aliphatic carboxylic acids is 1. The summed E-state index contributed by atoms with van der Waals surface area (Å²) in [6.07, 6.45) is 1.39. The van der Waals surface area contributed by atoms with E-state index in [-0.39, 0.29) is 6.54 Å². The Morgan fingerprint density at radius 1 is 1.57 bits per heavy atom. The highest BCUT2D eigenvalue weighted by Crippen LogP contribution is 2.13. The van der Waals surface area contributed by atoms with Crippen molar-refractivity contribution in [3.8, 4) is 0 Å². The van der Waals surface area contributed by atoms with E-state index in [1.165, 1.54) is 29.1 Å². The van der Waals surface area contributed by atoms with E-state index < -0.39 is 11.8 Å². The number of halogens is 1. The number of hydrogen-bond donors (Lipinski definition) is 1. The molecule has 5 heteroatoms. The van der Waals surface area contributed by atoms with Crippen molar-refractivity contribution in [1.82, 2.24) is 9.55 Å². The zero-order chi connectivity index (χ0) is 10.1. The van der Waals surface area contributed by atoms with Crippen LogP contribution in [-0.4, -0.2) is 20.6 Å². The highest BCUT2D eigenvalue weighted by atomic mass is 19.1. The third-order valence-electron chi connectivity index (χ3n) is 1.89. The fraction of sp³-hybridized carbons (Fsp3) is 0.111. The number of fused-ring (bicyclic) bond motifs is 1. The zero-order valence-electron chi connectivity index (χ0n) is 7.14. The average Bonchev–Trinajstić information content (AvgIpc) is 2.47. The van der Waals surface area contributed by atoms with Gasteiger partial charge in [-0.25, -0.2) is 9.37 Å². The van der Waals surface area contributed by atoms with E-state index >= 15 is 0 Å². The molecule has 4 nitrogen and oxygen atoms in total. The van der Waals surface area contributed by atoms with Gasteiger partial charge >= 0.3 is 5.97 Å². The molecule has 1 aromatic heterocycles. The van der Waals surface area contributed by atoms with Crippen LogP contribution in [0.5, 0.6) is 0 Å². The summed E-state index contributed by atoms with van der Waals surface area (Å²) in [5, 5.41) is 8.57. The molecule has 0 aliphatic carbocycles. The second-order valence-corrected chi connectivity index (χ2v) is 2.90. The molecule has 1 aromatic carbocycles. The fourth-order valence-corrected chi connectivity index (χ4v) is 1.30. The molecule has 1 N–H and O–H groups in total. The van der Waals surface area contributed by atoms with E-state index in [4.69, 9.17) is 5.11 Å². The van der Waals surface area contributed by atoms with Crippen molar-refractivity contribution >= 4 is 17.0 Å². The molecule has 0 radical (unpaired) electrons. The standard InChI is InChI=1S/C9H7FN2O2/c10-6-1-2-7-8(3-6)12(5-11-7)4-9(13)14/h1-3,5H,4H2,(H,13,14). The van der Waals surface area contributed by atoms with Crippen LogP contribution >= 0.6 is 0 Å².